The van der Waals surface area contributed by atoms with E-state index in [1.165, 1.54) is 6.26 Å². The summed E-state index contributed by atoms with van der Waals surface area (Å²) >= 11 is 0. The summed E-state index contributed by atoms with van der Waals surface area (Å²) in [5.41, 5.74) is 3.24. The first-order valence-corrected chi connectivity index (χ1v) is 14.7. The Balaban J connectivity index is 1.48. The van der Waals surface area contributed by atoms with E-state index in [0.717, 1.165) is 5.56 Å². The molecule has 0 aliphatic rings. The molecule has 0 aliphatic heterocycles. The van der Waals surface area contributed by atoms with Crippen LogP contribution in [0.4, 0.5) is 16.2 Å². The molecule has 0 fully saturated rings. The van der Waals surface area contributed by atoms with Gasteiger partial charge in [0.2, 0.25) is 5.91 Å². The number of rotatable bonds is 10. The van der Waals surface area contributed by atoms with Crippen LogP contribution in [-0.4, -0.2) is 39.3 Å². The van der Waals surface area contributed by atoms with Crippen molar-refractivity contribution in [1.82, 2.24) is 5.32 Å². The predicted molar refractivity (Wildman–Crippen MR) is 157 cm³/mol. The summed E-state index contributed by atoms with van der Waals surface area (Å²) in [5.74, 6) is 0.301. The Morgan fingerprint density at radius 1 is 0.775 bits per heavy atom. The fraction of sp³-hybridized carbons (Fsp3) is 0.161. The van der Waals surface area contributed by atoms with Crippen molar-refractivity contribution in [2.45, 2.75) is 24.3 Å². The van der Waals surface area contributed by atoms with Crippen LogP contribution in [0.5, 0.6) is 5.75 Å². The van der Waals surface area contributed by atoms with Crippen molar-refractivity contribution < 1.29 is 22.7 Å². The standard InChI is InChI=1S/C31H31N3O5S/c1-3-39-26-19-17-25(18-20-26)33-31(36)34-28(21-22-9-5-4-6-10-22)30(35)32-24-15-13-23(14-16-24)27-11-7-8-12-29(27)40(2,37)38/h4-20,28H,3,21H2,1-2H3,(H,32,35)(H2,33,34,36). The summed E-state index contributed by atoms with van der Waals surface area (Å²) in [4.78, 5) is 26.4. The van der Waals surface area contributed by atoms with Gasteiger partial charge >= 0.3 is 6.03 Å². The van der Waals surface area contributed by atoms with Gasteiger partial charge in [-0.25, -0.2) is 13.2 Å². The predicted octanol–water partition coefficient (Wildman–Crippen LogP) is 5.53. The van der Waals surface area contributed by atoms with Crippen LogP contribution in [0.25, 0.3) is 11.1 Å². The number of ether oxygens (including phenoxy) is 1. The molecule has 0 aromatic heterocycles. The first-order valence-electron chi connectivity index (χ1n) is 12.8. The molecule has 3 amide bonds. The van der Waals surface area contributed by atoms with E-state index >= 15 is 0 Å². The van der Waals surface area contributed by atoms with Gasteiger partial charge < -0.3 is 20.7 Å². The second-order valence-electron chi connectivity index (χ2n) is 9.13. The van der Waals surface area contributed by atoms with E-state index in [2.05, 4.69) is 16.0 Å². The molecule has 1 atom stereocenters. The molecule has 0 radical (unpaired) electrons. The van der Waals surface area contributed by atoms with E-state index < -0.39 is 27.8 Å². The van der Waals surface area contributed by atoms with Crippen molar-refractivity contribution in [3.8, 4) is 16.9 Å². The number of amides is 3. The minimum Gasteiger partial charge on any atom is -0.494 e. The molecule has 3 N–H and O–H groups in total. The van der Waals surface area contributed by atoms with E-state index in [-0.39, 0.29) is 11.3 Å². The quantitative estimate of drug-likeness (QED) is 0.237. The minimum atomic E-state index is -3.41. The summed E-state index contributed by atoms with van der Waals surface area (Å²) in [6, 6.07) is 28.6. The Morgan fingerprint density at radius 2 is 1.38 bits per heavy atom. The smallest absolute Gasteiger partial charge is 0.319 e. The SMILES string of the molecule is CCOc1ccc(NC(=O)NC(Cc2ccccc2)C(=O)Nc2ccc(-c3ccccc3S(C)(=O)=O)cc2)cc1. The number of sulfone groups is 1. The lowest BCUT2D eigenvalue weighted by Crippen LogP contribution is -2.46. The summed E-state index contributed by atoms with van der Waals surface area (Å²) in [6.45, 7) is 2.43. The molecular formula is C31H31N3O5S. The van der Waals surface area contributed by atoms with E-state index in [1.54, 1.807) is 72.8 Å². The third-order valence-corrected chi connectivity index (χ3v) is 7.23. The maximum Gasteiger partial charge on any atom is 0.319 e. The van der Waals surface area contributed by atoms with Crippen molar-refractivity contribution in [1.29, 1.82) is 0 Å². The number of hydrogen-bond acceptors (Lipinski definition) is 5. The van der Waals surface area contributed by atoms with Crippen molar-refractivity contribution in [2.24, 2.45) is 0 Å². The molecule has 0 saturated carbocycles. The van der Waals surface area contributed by atoms with E-state index in [9.17, 15) is 18.0 Å². The number of anilines is 2. The van der Waals surface area contributed by atoms with Gasteiger partial charge in [0.1, 0.15) is 11.8 Å². The van der Waals surface area contributed by atoms with Crippen molar-refractivity contribution in [3.63, 3.8) is 0 Å². The molecule has 0 bridgehead atoms. The Kier molecular flexibility index (Phi) is 9.19. The number of carbonyl (C=O) groups excluding carboxylic acids is 2. The monoisotopic (exact) mass is 557 g/mol. The van der Waals surface area contributed by atoms with E-state index in [4.69, 9.17) is 4.74 Å². The highest BCUT2D eigenvalue weighted by molar-refractivity contribution is 7.90. The van der Waals surface area contributed by atoms with Gasteiger partial charge in [0, 0.05) is 29.6 Å². The molecule has 4 aromatic carbocycles. The fourth-order valence-corrected chi connectivity index (χ4v) is 5.09. The van der Waals surface area contributed by atoms with Gasteiger partial charge in [-0.1, -0.05) is 60.7 Å². The molecule has 0 heterocycles. The maximum atomic E-state index is 13.3. The lowest BCUT2D eigenvalue weighted by atomic mass is 10.0. The van der Waals surface area contributed by atoms with Gasteiger partial charge in [0.25, 0.3) is 0 Å². The third-order valence-electron chi connectivity index (χ3n) is 6.08. The topological polar surface area (TPSA) is 114 Å². The van der Waals surface area contributed by atoms with Crippen molar-refractivity contribution in [3.05, 3.63) is 109 Å². The molecular weight excluding hydrogens is 526 g/mol. The van der Waals surface area contributed by atoms with Crippen LogP contribution in [0, 0.1) is 0 Å². The molecule has 0 aliphatic carbocycles. The summed E-state index contributed by atoms with van der Waals surface area (Å²) in [7, 11) is -3.41. The zero-order valence-corrected chi connectivity index (χ0v) is 23.1. The Hall–Kier alpha value is -4.63. The molecule has 4 rings (SSSR count). The second-order valence-corrected chi connectivity index (χ2v) is 11.1. The van der Waals surface area contributed by atoms with Crippen molar-refractivity contribution in [2.75, 3.05) is 23.5 Å². The molecule has 9 heteroatoms. The van der Waals surface area contributed by atoms with Gasteiger partial charge in [-0.05, 0) is 60.5 Å². The molecule has 0 spiro atoms. The van der Waals surface area contributed by atoms with Gasteiger partial charge in [-0.3, -0.25) is 4.79 Å². The van der Waals surface area contributed by atoms with Crippen LogP contribution >= 0.6 is 0 Å². The lowest BCUT2D eigenvalue weighted by molar-refractivity contribution is -0.117. The minimum absolute atomic E-state index is 0.234. The zero-order valence-electron chi connectivity index (χ0n) is 22.3. The summed E-state index contributed by atoms with van der Waals surface area (Å²) < 4.78 is 29.8. The highest BCUT2D eigenvalue weighted by atomic mass is 32.2. The number of benzene rings is 4. The first kappa shape index (κ1) is 28.4. The third kappa shape index (κ3) is 7.70. The van der Waals surface area contributed by atoms with E-state index in [0.29, 0.717) is 34.9 Å². The molecule has 8 nitrogen and oxygen atoms in total. The van der Waals surface area contributed by atoms with Gasteiger partial charge in [-0.2, -0.15) is 0 Å². The van der Waals surface area contributed by atoms with Gasteiger partial charge in [-0.15, -0.1) is 0 Å². The fourth-order valence-electron chi connectivity index (χ4n) is 4.18. The van der Waals surface area contributed by atoms with Gasteiger partial charge in [0.15, 0.2) is 9.84 Å². The Bertz CT molecular complexity index is 1560. The lowest BCUT2D eigenvalue weighted by Gasteiger charge is -2.19. The zero-order chi connectivity index (χ0) is 28.5. The normalized spacial score (nSPS) is 11.8. The molecule has 0 saturated heterocycles. The molecule has 4 aromatic rings. The Morgan fingerprint density at radius 3 is 2.02 bits per heavy atom. The van der Waals surface area contributed by atoms with E-state index in [1.807, 2.05) is 37.3 Å². The van der Waals surface area contributed by atoms with Crippen LogP contribution in [0.2, 0.25) is 0 Å². The van der Waals surface area contributed by atoms with Crippen LogP contribution in [0.1, 0.15) is 12.5 Å². The van der Waals surface area contributed by atoms with Crippen LogP contribution in [-0.2, 0) is 21.1 Å². The summed E-state index contributed by atoms with van der Waals surface area (Å²) in [6.07, 6.45) is 1.45. The highest BCUT2D eigenvalue weighted by Crippen LogP contribution is 2.28. The van der Waals surface area contributed by atoms with Crippen LogP contribution in [0.15, 0.2) is 108 Å². The number of urea groups is 1. The van der Waals surface area contributed by atoms with Crippen LogP contribution < -0.4 is 20.7 Å². The number of nitrogens with one attached hydrogen (secondary N) is 3. The maximum absolute atomic E-state index is 13.3. The first-order chi connectivity index (χ1) is 19.2. The largest absolute Gasteiger partial charge is 0.494 e. The average molecular weight is 558 g/mol. The Labute approximate surface area is 234 Å². The van der Waals surface area contributed by atoms with Gasteiger partial charge in [0.05, 0.1) is 11.5 Å². The highest BCUT2D eigenvalue weighted by Gasteiger charge is 2.22. The molecule has 1 unspecified atom stereocenters. The number of carbonyl (C=O) groups is 2. The number of hydrogen-bond donors (Lipinski definition) is 3. The van der Waals surface area contributed by atoms with Crippen molar-refractivity contribution >= 4 is 33.2 Å². The molecule has 40 heavy (non-hydrogen) atoms. The molecule has 206 valence electrons. The second kappa shape index (κ2) is 12.9. The average Bonchev–Trinajstić information content (AvgIpc) is 2.94. The van der Waals surface area contributed by atoms with Crippen LogP contribution in [0.3, 0.4) is 0 Å². The summed E-state index contributed by atoms with van der Waals surface area (Å²) in [5, 5.41) is 8.39.